The number of carboxylic acids is 1. The number of carbonyl (C=O) groups is 12. The van der Waals surface area contributed by atoms with E-state index in [1.807, 2.05) is 36.4 Å². The van der Waals surface area contributed by atoms with Gasteiger partial charge in [-0.15, -0.1) is 0 Å². The molecule has 6 aliphatic rings. The fraction of sp³-hybridized carbons (Fsp3) is 0.299. The number of primary amides is 2. The number of ether oxygens (including phenoxy) is 6. The molecule has 3 unspecified atom stereocenters. The Morgan fingerprint density at radius 3 is 1.05 bits per heavy atom. The number of hydrogen-bond acceptors (Lipinski definition) is 22. The van der Waals surface area contributed by atoms with Gasteiger partial charge in [0.2, 0.25) is 11.7 Å². The van der Waals surface area contributed by atoms with Crippen LogP contribution in [0.5, 0.6) is 0 Å². The normalized spacial score (nSPS) is 17.4. The molecule has 6 fully saturated rings. The first-order valence-electron chi connectivity index (χ1n) is 34.8. The molecule has 0 bridgehead atoms. The number of esters is 6. The van der Waals surface area contributed by atoms with Crippen molar-refractivity contribution >= 4 is 144 Å². The second kappa shape index (κ2) is 34.1. The number of benzene rings is 5. The van der Waals surface area contributed by atoms with Gasteiger partial charge in [0.05, 0.1) is 17.2 Å². The zero-order chi connectivity index (χ0) is 78.2. The average Bonchev–Trinajstić information content (AvgIpc) is 1.45. The summed E-state index contributed by atoms with van der Waals surface area (Å²) in [6.07, 6.45) is 11.5. The Morgan fingerprint density at radius 1 is 0.445 bits per heavy atom. The molecule has 3 atom stereocenters. The van der Waals surface area contributed by atoms with Crippen molar-refractivity contribution in [3.63, 3.8) is 0 Å². The molecular formula is C77H73I3N10O20. The summed E-state index contributed by atoms with van der Waals surface area (Å²) >= 11 is -3.42. The highest BCUT2D eigenvalue weighted by Crippen LogP contribution is 2.41. The van der Waals surface area contributed by atoms with Gasteiger partial charge < -0.3 is 60.7 Å². The zero-order valence-corrected chi connectivity index (χ0v) is 65.8. The van der Waals surface area contributed by atoms with Gasteiger partial charge in [-0.3, -0.25) is 38.0 Å². The Bertz CT molecular complexity index is 4990. The maximum absolute atomic E-state index is 13.4. The number of nitrogens with zero attached hydrogens (tertiary/aromatic N) is 6. The topological polar surface area (TPSA) is 430 Å². The standard InChI is InChI=1S/C29H29IN4O7.C29H27IN4O7.C19H17IN2O6/c2*1-34-16-20(26(37)32-21(24(35)25(31)36)15-17-7-3-2-4-8-17)23(33-34)18-9-11-19(12-10-18)30-22-27(38)40-29(41-28(22)39)13-5-6-14-29;1-22-10-13(16(23)24)15(21-22)11-4-6-12(7-5-11)20-14-17(25)27-19(28-18(14)26)8-2-3-9-19/h2-4,7-12,16,21,24,35H,5-6,13-15H2,1H3,(H2,31,36)(H,32,37);2-4,7-12,16,21H,5-6,13-15H2,1H3,(H2,31,36)(H,32,37);4-7,10H,2-3,8-9H2,1H3,(H,23,24). The fourth-order valence-corrected chi connectivity index (χ4v) is 19.1. The van der Waals surface area contributed by atoms with Gasteiger partial charge >= 0.3 is 41.8 Å². The maximum Gasteiger partial charge on any atom is 0.354 e. The maximum atomic E-state index is 13.4. The number of nitrogens with one attached hydrogen (secondary N) is 2. The van der Waals surface area contributed by atoms with E-state index < -0.39 is 169 Å². The van der Waals surface area contributed by atoms with Crippen LogP contribution in [-0.2, 0) is 106 Å². The summed E-state index contributed by atoms with van der Waals surface area (Å²) in [5, 5.41) is 38.2. The van der Waals surface area contributed by atoms with Gasteiger partial charge in [-0.2, -0.15) is 15.3 Å². The number of Topliss-reactive ketones (excluding diaryl/α,β-unsaturated/α-hetero) is 1. The van der Waals surface area contributed by atoms with E-state index in [9.17, 15) is 67.7 Å². The number of amides is 4. The van der Waals surface area contributed by atoms with E-state index in [1.54, 1.807) is 124 Å². The summed E-state index contributed by atoms with van der Waals surface area (Å²) in [5.74, 6) is -12.0. The lowest BCUT2D eigenvalue weighted by atomic mass is 10.00. The number of aliphatic hydroxyl groups is 1. The van der Waals surface area contributed by atoms with Gasteiger partial charge in [0, 0.05) is 112 Å². The number of carboxylic acid groups (broad SMARTS) is 1. The number of nitrogens with two attached hydrogens (primary N) is 2. The molecule has 14 rings (SSSR count). The lowest BCUT2D eigenvalue weighted by Crippen LogP contribution is -2.50. The molecule has 3 saturated heterocycles. The van der Waals surface area contributed by atoms with Crippen LogP contribution in [0, 0.1) is 10.7 Å². The molecule has 5 aromatic carbocycles. The van der Waals surface area contributed by atoms with Gasteiger partial charge in [-0.1, -0.05) is 159 Å². The van der Waals surface area contributed by atoms with Crippen LogP contribution in [0.3, 0.4) is 0 Å². The summed E-state index contributed by atoms with van der Waals surface area (Å²) in [4.78, 5) is 149. The molecule has 33 heteroatoms. The van der Waals surface area contributed by atoms with Gasteiger partial charge in [-0.05, 0) is 92.5 Å². The van der Waals surface area contributed by atoms with Crippen LogP contribution in [0.2, 0.25) is 0 Å². The quantitative estimate of drug-likeness (QED) is 0.0215. The highest BCUT2D eigenvalue weighted by molar-refractivity contribution is 14.2. The molecule has 0 radical (unpaired) electrons. The third-order valence-electron chi connectivity index (χ3n) is 18.4. The number of carbonyl (C=O) groups excluding carboxylic acids is 11. The number of halogens is 3. The van der Waals surface area contributed by atoms with E-state index in [0.717, 1.165) is 60.4 Å². The number of aromatic carboxylic acids is 1. The molecule has 3 saturated carbocycles. The van der Waals surface area contributed by atoms with Crippen molar-refractivity contribution in [2.75, 3.05) is 0 Å². The fourth-order valence-electron chi connectivity index (χ4n) is 13.1. The molecule has 4 amide bonds. The third-order valence-corrected chi connectivity index (χ3v) is 26.7. The van der Waals surface area contributed by atoms with Crippen molar-refractivity contribution in [1.29, 1.82) is 0 Å². The number of ketones is 1. The minimum Gasteiger partial charge on any atom is -0.478 e. The molecule has 8 aromatic rings. The highest BCUT2D eigenvalue weighted by Gasteiger charge is 2.51. The number of aliphatic hydroxyl groups excluding tert-OH is 1. The van der Waals surface area contributed by atoms with Crippen LogP contribution in [0.25, 0.3) is 33.8 Å². The van der Waals surface area contributed by atoms with Gasteiger partial charge in [0.15, 0.2) is 16.6 Å². The molecule has 8 N–H and O–H groups in total. The first-order chi connectivity index (χ1) is 52.6. The van der Waals surface area contributed by atoms with E-state index in [-0.39, 0.29) is 40.1 Å². The molecule has 110 heavy (non-hydrogen) atoms. The van der Waals surface area contributed by atoms with Crippen molar-refractivity contribution in [3.05, 3.63) is 191 Å². The van der Waals surface area contributed by atoms with E-state index >= 15 is 0 Å². The van der Waals surface area contributed by atoms with Crippen molar-refractivity contribution in [2.45, 2.75) is 125 Å². The van der Waals surface area contributed by atoms with Crippen LogP contribution >= 0.6 is 62.2 Å². The Morgan fingerprint density at radius 2 is 0.745 bits per heavy atom. The van der Waals surface area contributed by atoms with Crippen molar-refractivity contribution in [3.8, 4) is 33.8 Å². The van der Waals surface area contributed by atoms with Crippen LogP contribution in [-0.4, -0.2) is 157 Å². The molecule has 30 nitrogen and oxygen atoms in total. The van der Waals surface area contributed by atoms with Crippen LogP contribution in [0.1, 0.15) is 119 Å². The number of rotatable bonds is 19. The average molecular weight is 1840 g/mol. The zero-order valence-electron chi connectivity index (χ0n) is 59.3. The molecule has 572 valence electrons. The van der Waals surface area contributed by atoms with E-state index in [4.69, 9.17) is 39.9 Å². The molecule has 3 spiro atoms. The predicted octanol–water partition coefficient (Wildman–Crippen LogP) is 6.59. The second-order valence-electron chi connectivity index (χ2n) is 26.5. The summed E-state index contributed by atoms with van der Waals surface area (Å²) in [7, 11) is 4.99. The van der Waals surface area contributed by atoms with Gasteiger partial charge in [0.1, 0.15) is 28.7 Å². The Labute approximate surface area is 657 Å². The van der Waals surface area contributed by atoms with Gasteiger partial charge in [0.25, 0.3) is 35.1 Å². The summed E-state index contributed by atoms with van der Waals surface area (Å²) in [6.45, 7) is 0. The van der Waals surface area contributed by atoms with Crippen LogP contribution in [0.4, 0.5) is 0 Å². The van der Waals surface area contributed by atoms with Crippen molar-refractivity contribution in [2.24, 2.45) is 32.6 Å². The van der Waals surface area contributed by atoms with Gasteiger partial charge in [-0.25, -0.2) is 33.6 Å². The lowest BCUT2D eigenvalue weighted by Gasteiger charge is -2.32. The number of hydrogen-bond donors (Lipinski definition) is 6. The molecule has 3 aliphatic carbocycles. The predicted molar refractivity (Wildman–Crippen MR) is 418 cm³/mol. The smallest absolute Gasteiger partial charge is 0.354 e. The van der Waals surface area contributed by atoms with Crippen LogP contribution in [0.15, 0.2) is 152 Å². The summed E-state index contributed by atoms with van der Waals surface area (Å²) < 4.78 is 40.0. The summed E-state index contributed by atoms with van der Waals surface area (Å²) in [5.41, 5.74) is 15.7. The monoisotopic (exact) mass is 1840 g/mol. The van der Waals surface area contributed by atoms with E-state index in [2.05, 4.69) is 25.9 Å². The largest absolute Gasteiger partial charge is 0.478 e. The lowest BCUT2D eigenvalue weighted by molar-refractivity contribution is -0.226. The molecular weight excluding hydrogens is 1770 g/mol. The highest BCUT2D eigenvalue weighted by atomic mass is 127. The molecule has 6 heterocycles. The van der Waals surface area contributed by atoms with E-state index in [1.165, 1.54) is 26.4 Å². The molecule has 3 aliphatic heterocycles. The minimum absolute atomic E-state index is 0.0375. The van der Waals surface area contributed by atoms with Crippen molar-refractivity contribution < 1.29 is 96.2 Å². The first-order valence-corrected chi connectivity index (χ1v) is 41.2. The SMILES string of the molecule is Cn1cc(C(=O)NC(Cc2ccccc2)C(=O)C(N)=O)c(-c2ccc(I=C3C(=O)OC4(CCCC4)OC3=O)cc2)n1.Cn1cc(C(=O)NC(Cc2ccccc2)C(O)C(N)=O)c(-c2ccc(I=C3C(=O)OC4(CCCC4)OC3=O)cc2)n1.Cn1cc(C(=O)O)c(-c2ccc(I=C3C(=O)OC4(CCCC4)OC3=O)cc2)n1. The molecule has 3 aromatic heterocycles. The Balaban J connectivity index is 0.000000157. The number of aryl methyl sites for hydroxylation is 3. The first kappa shape index (κ1) is 78.9. The summed E-state index contributed by atoms with van der Waals surface area (Å²) in [6, 6.07) is 37.1. The Hall–Kier alpha value is -10.7. The third kappa shape index (κ3) is 18.6. The minimum atomic E-state index is -1.60. The van der Waals surface area contributed by atoms with Crippen LogP contribution < -0.4 is 22.1 Å². The Kier molecular flexibility index (Phi) is 24.4. The number of aromatic nitrogens is 6. The van der Waals surface area contributed by atoms with Crippen molar-refractivity contribution in [1.82, 2.24) is 40.0 Å². The van der Waals surface area contributed by atoms with E-state index in [0.29, 0.717) is 72.3 Å². The second-order valence-corrected chi connectivity index (χ2v) is 35.1.